The Labute approximate surface area is 76.2 Å². The Bertz CT molecular complexity index is 184. The molecule has 13 heavy (non-hydrogen) atoms. The second-order valence-corrected chi connectivity index (χ2v) is 2.71. The van der Waals surface area contributed by atoms with Crippen molar-refractivity contribution in [3.63, 3.8) is 0 Å². The third kappa shape index (κ3) is 5.29. The van der Waals surface area contributed by atoms with E-state index in [0.717, 1.165) is 0 Å². The first kappa shape index (κ1) is 12.0. The molecule has 0 saturated carbocycles. The minimum absolute atomic E-state index is 0.238. The quantitative estimate of drug-likeness (QED) is 0.274. The van der Waals surface area contributed by atoms with Crippen molar-refractivity contribution in [2.24, 2.45) is 11.6 Å². The van der Waals surface area contributed by atoms with Gasteiger partial charge in [-0.15, -0.1) is 0 Å². The number of aliphatic hydroxyl groups is 1. The third-order valence-electron chi connectivity index (χ3n) is 1.67. The second-order valence-electron chi connectivity index (χ2n) is 2.71. The van der Waals surface area contributed by atoms with Crippen LogP contribution in [0.2, 0.25) is 0 Å². The SMILES string of the molecule is NNC(CCCC(=O)CO)C(N)=O. The molecule has 0 heterocycles. The van der Waals surface area contributed by atoms with Crippen LogP contribution in [0, 0.1) is 0 Å². The summed E-state index contributed by atoms with van der Waals surface area (Å²) in [6.07, 6.45) is 1.12. The van der Waals surface area contributed by atoms with Gasteiger partial charge in [-0.2, -0.15) is 0 Å². The standard InChI is InChI=1S/C7H15N3O3/c8-7(13)6(10-9)3-1-2-5(12)4-11/h6,10-11H,1-4,9H2,(H2,8,13). The van der Waals surface area contributed by atoms with Crippen LogP contribution in [0.3, 0.4) is 0 Å². The Morgan fingerprint density at radius 1 is 1.46 bits per heavy atom. The number of primary amides is 1. The van der Waals surface area contributed by atoms with Crippen LogP contribution in [0.25, 0.3) is 0 Å². The van der Waals surface area contributed by atoms with Crippen LogP contribution in [-0.4, -0.2) is 29.4 Å². The molecule has 1 unspecified atom stereocenters. The zero-order valence-corrected chi connectivity index (χ0v) is 7.32. The highest BCUT2D eigenvalue weighted by atomic mass is 16.3. The number of carbonyl (C=O) groups is 2. The molecule has 6 heteroatoms. The zero-order chi connectivity index (χ0) is 10.3. The summed E-state index contributed by atoms with van der Waals surface area (Å²) in [6.45, 7) is -0.461. The van der Waals surface area contributed by atoms with Gasteiger partial charge in [0.15, 0.2) is 5.78 Å². The van der Waals surface area contributed by atoms with E-state index in [2.05, 4.69) is 5.43 Å². The largest absolute Gasteiger partial charge is 0.389 e. The molecule has 0 saturated heterocycles. The number of hydrogen-bond acceptors (Lipinski definition) is 5. The van der Waals surface area contributed by atoms with Crippen molar-refractivity contribution >= 4 is 11.7 Å². The van der Waals surface area contributed by atoms with Crippen molar-refractivity contribution in [1.29, 1.82) is 0 Å². The van der Waals surface area contributed by atoms with Gasteiger partial charge < -0.3 is 10.8 Å². The number of carbonyl (C=O) groups excluding carboxylic acids is 2. The number of nitrogens with two attached hydrogens (primary N) is 2. The molecular weight excluding hydrogens is 174 g/mol. The number of hydrazine groups is 1. The van der Waals surface area contributed by atoms with Crippen LogP contribution in [0.1, 0.15) is 19.3 Å². The summed E-state index contributed by atoms with van der Waals surface area (Å²) in [5.74, 6) is 4.25. The van der Waals surface area contributed by atoms with Crippen molar-refractivity contribution in [1.82, 2.24) is 5.43 Å². The van der Waals surface area contributed by atoms with Gasteiger partial charge in [0.1, 0.15) is 6.61 Å². The molecule has 0 spiro atoms. The molecule has 0 rings (SSSR count). The van der Waals surface area contributed by atoms with E-state index in [1.54, 1.807) is 0 Å². The normalized spacial score (nSPS) is 12.5. The average Bonchev–Trinajstić information content (AvgIpc) is 2.11. The predicted molar refractivity (Wildman–Crippen MR) is 46.2 cm³/mol. The van der Waals surface area contributed by atoms with E-state index in [1.165, 1.54) is 0 Å². The lowest BCUT2D eigenvalue weighted by Gasteiger charge is -2.10. The molecule has 6 nitrogen and oxygen atoms in total. The molecular formula is C7H15N3O3. The van der Waals surface area contributed by atoms with Crippen LogP contribution in [0.15, 0.2) is 0 Å². The molecule has 1 atom stereocenters. The predicted octanol–water partition coefficient (Wildman–Crippen LogP) is -1.96. The zero-order valence-electron chi connectivity index (χ0n) is 7.32. The van der Waals surface area contributed by atoms with E-state index in [-0.39, 0.29) is 12.2 Å². The number of rotatable bonds is 7. The number of nitrogens with one attached hydrogen (secondary N) is 1. The molecule has 0 aromatic rings. The van der Waals surface area contributed by atoms with Crippen molar-refractivity contribution in [3.05, 3.63) is 0 Å². The van der Waals surface area contributed by atoms with Crippen molar-refractivity contribution in [2.45, 2.75) is 25.3 Å². The Hall–Kier alpha value is -0.980. The molecule has 0 bridgehead atoms. The van der Waals surface area contributed by atoms with Crippen molar-refractivity contribution in [2.75, 3.05) is 6.61 Å². The van der Waals surface area contributed by atoms with Gasteiger partial charge >= 0.3 is 0 Å². The van der Waals surface area contributed by atoms with Gasteiger partial charge in [0.25, 0.3) is 0 Å². The molecule has 76 valence electrons. The second kappa shape index (κ2) is 6.53. The minimum Gasteiger partial charge on any atom is -0.389 e. The monoisotopic (exact) mass is 189 g/mol. The highest BCUT2D eigenvalue weighted by molar-refractivity contribution is 5.80. The molecule has 0 aliphatic rings. The van der Waals surface area contributed by atoms with E-state index < -0.39 is 18.6 Å². The van der Waals surface area contributed by atoms with E-state index in [0.29, 0.717) is 12.8 Å². The number of aliphatic hydroxyl groups excluding tert-OH is 1. The lowest BCUT2D eigenvalue weighted by molar-refractivity contribution is -0.123. The number of Topliss-reactive ketones (excluding diaryl/α,β-unsaturated/α-hetero) is 1. The highest BCUT2D eigenvalue weighted by Crippen LogP contribution is 2.00. The molecule has 6 N–H and O–H groups in total. The summed E-state index contributed by atoms with van der Waals surface area (Å²) in [7, 11) is 0. The van der Waals surface area contributed by atoms with Crippen LogP contribution in [0.4, 0.5) is 0 Å². The lowest BCUT2D eigenvalue weighted by Crippen LogP contribution is -2.45. The summed E-state index contributed by atoms with van der Waals surface area (Å²) in [5, 5.41) is 8.38. The Kier molecular flexibility index (Phi) is 6.03. The van der Waals surface area contributed by atoms with Crippen LogP contribution in [-0.2, 0) is 9.59 Å². The summed E-state index contributed by atoms with van der Waals surface area (Å²) < 4.78 is 0. The summed E-state index contributed by atoms with van der Waals surface area (Å²) in [5.41, 5.74) is 7.23. The first-order valence-corrected chi connectivity index (χ1v) is 3.99. The molecule has 0 fully saturated rings. The smallest absolute Gasteiger partial charge is 0.235 e. The average molecular weight is 189 g/mol. The van der Waals surface area contributed by atoms with Crippen molar-refractivity contribution < 1.29 is 14.7 Å². The minimum atomic E-state index is -0.605. The van der Waals surface area contributed by atoms with Crippen LogP contribution < -0.4 is 17.0 Å². The summed E-state index contributed by atoms with van der Waals surface area (Å²) >= 11 is 0. The fourth-order valence-electron chi connectivity index (χ4n) is 0.890. The maximum absolute atomic E-state index is 10.6. The molecule has 0 aromatic heterocycles. The van der Waals surface area contributed by atoms with Gasteiger partial charge in [0, 0.05) is 6.42 Å². The van der Waals surface area contributed by atoms with E-state index in [1.807, 2.05) is 0 Å². The molecule has 0 radical (unpaired) electrons. The topological polar surface area (TPSA) is 118 Å². The van der Waals surface area contributed by atoms with Crippen molar-refractivity contribution in [3.8, 4) is 0 Å². The van der Waals surface area contributed by atoms with E-state index in [9.17, 15) is 9.59 Å². The fraction of sp³-hybridized carbons (Fsp3) is 0.714. The lowest BCUT2D eigenvalue weighted by atomic mass is 10.1. The van der Waals surface area contributed by atoms with Crippen LogP contribution >= 0.6 is 0 Å². The van der Waals surface area contributed by atoms with Gasteiger partial charge in [-0.3, -0.25) is 15.4 Å². The third-order valence-corrected chi connectivity index (χ3v) is 1.67. The Morgan fingerprint density at radius 3 is 2.46 bits per heavy atom. The molecule has 0 aliphatic heterocycles. The number of ketones is 1. The maximum atomic E-state index is 10.6. The number of hydrogen-bond donors (Lipinski definition) is 4. The van der Waals surface area contributed by atoms with Gasteiger partial charge in [-0.25, -0.2) is 5.43 Å². The van der Waals surface area contributed by atoms with Gasteiger partial charge in [0.05, 0.1) is 6.04 Å². The van der Waals surface area contributed by atoms with Gasteiger partial charge in [-0.05, 0) is 12.8 Å². The van der Waals surface area contributed by atoms with Crippen LogP contribution in [0.5, 0.6) is 0 Å². The van der Waals surface area contributed by atoms with E-state index >= 15 is 0 Å². The van der Waals surface area contributed by atoms with Gasteiger partial charge in [-0.1, -0.05) is 0 Å². The fourth-order valence-corrected chi connectivity index (χ4v) is 0.890. The molecule has 0 aromatic carbocycles. The maximum Gasteiger partial charge on any atom is 0.235 e. The summed E-state index contributed by atoms with van der Waals surface area (Å²) in [6, 6.07) is -0.605. The first-order chi connectivity index (χ1) is 6.11. The Morgan fingerprint density at radius 2 is 2.08 bits per heavy atom. The summed E-state index contributed by atoms with van der Waals surface area (Å²) in [4.78, 5) is 21.3. The van der Waals surface area contributed by atoms with Gasteiger partial charge in [0.2, 0.25) is 5.91 Å². The van der Waals surface area contributed by atoms with E-state index in [4.69, 9.17) is 16.7 Å². The number of amides is 1. The molecule has 0 aliphatic carbocycles. The highest BCUT2D eigenvalue weighted by Gasteiger charge is 2.12. The molecule has 1 amide bonds. The first-order valence-electron chi connectivity index (χ1n) is 3.99. The Balaban J connectivity index is 3.61.